The van der Waals surface area contributed by atoms with Crippen molar-refractivity contribution >= 4 is 28.5 Å². The van der Waals surface area contributed by atoms with E-state index >= 15 is 0 Å². The largest absolute Gasteiger partial charge is 0.365 e. The van der Waals surface area contributed by atoms with Gasteiger partial charge in [0.15, 0.2) is 0 Å². The number of nitrogens with zero attached hydrogens (tertiary/aromatic N) is 2. The predicted octanol–water partition coefficient (Wildman–Crippen LogP) is 1.78. The Labute approximate surface area is 104 Å². The van der Waals surface area contributed by atoms with Crippen LogP contribution in [0.1, 0.15) is 12.8 Å². The standard InChI is InChI=1S/C11H14ClN5/c12-11-16-9-8(3-5-14-9)10(17-11)15-7-2-1-4-13-6-7/h3,5,7,13H,1-2,4,6H2,(H2,14,15,16,17)/t7-/m1/s1. The van der Waals surface area contributed by atoms with Gasteiger partial charge in [0.05, 0.1) is 5.39 Å². The zero-order valence-corrected chi connectivity index (χ0v) is 10.1. The van der Waals surface area contributed by atoms with E-state index in [1.54, 1.807) is 0 Å². The third kappa shape index (κ3) is 2.21. The lowest BCUT2D eigenvalue weighted by Crippen LogP contribution is -2.38. The molecule has 0 aliphatic carbocycles. The summed E-state index contributed by atoms with van der Waals surface area (Å²) in [4.78, 5) is 11.4. The maximum atomic E-state index is 5.90. The van der Waals surface area contributed by atoms with Crippen LogP contribution in [0.15, 0.2) is 12.3 Å². The van der Waals surface area contributed by atoms with Crippen molar-refractivity contribution in [3.63, 3.8) is 0 Å². The van der Waals surface area contributed by atoms with Crippen molar-refractivity contribution in [1.82, 2.24) is 20.3 Å². The van der Waals surface area contributed by atoms with Crippen molar-refractivity contribution in [2.75, 3.05) is 18.4 Å². The number of hydrogen-bond donors (Lipinski definition) is 3. The van der Waals surface area contributed by atoms with Crippen LogP contribution in [-0.2, 0) is 0 Å². The Morgan fingerprint density at radius 2 is 2.35 bits per heavy atom. The average Bonchev–Trinajstić information content (AvgIpc) is 2.78. The first-order valence-electron chi connectivity index (χ1n) is 5.81. The minimum atomic E-state index is 0.270. The van der Waals surface area contributed by atoms with E-state index in [1.807, 2.05) is 12.3 Å². The molecule has 3 N–H and O–H groups in total. The second kappa shape index (κ2) is 4.50. The van der Waals surface area contributed by atoms with Crippen LogP contribution in [-0.4, -0.2) is 34.1 Å². The SMILES string of the molecule is Clc1nc(N[C@@H]2CCCNC2)c2cc[nH]c2n1. The third-order valence-electron chi connectivity index (χ3n) is 3.03. The Balaban J connectivity index is 1.90. The van der Waals surface area contributed by atoms with Gasteiger partial charge >= 0.3 is 0 Å². The van der Waals surface area contributed by atoms with Gasteiger partial charge in [0.2, 0.25) is 5.28 Å². The second-order valence-corrected chi connectivity index (χ2v) is 4.61. The van der Waals surface area contributed by atoms with E-state index in [4.69, 9.17) is 11.6 Å². The van der Waals surface area contributed by atoms with Crippen LogP contribution >= 0.6 is 11.6 Å². The van der Waals surface area contributed by atoms with E-state index in [2.05, 4.69) is 25.6 Å². The Morgan fingerprint density at radius 1 is 1.41 bits per heavy atom. The Bertz CT molecular complexity index is 518. The van der Waals surface area contributed by atoms with Gasteiger partial charge in [-0.05, 0) is 37.1 Å². The molecule has 17 heavy (non-hydrogen) atoms. The van der Waals surface area contributed by atoms with Crippen molar-refractivity contribution in [3.05, 3.63) is 17.5 Å². The highest BCUT2D eigenvalue weighted by molar-refractivity contribution is 6.28. The minimum Gasteiger partial charge on any atom is -0.365 e. The van der Waals surface area contributed by atoms with Gasteiger partial charge in [-0.2, -0.15) is 4.98 Å². The highest BCUT2D eigenvalue weighted by atomic mass is 35.5. The molecule has 1 atom stereocenters. The lowest BCUT2D eigenvalue weighted by atomic mass is 10.1. The van der Waals surface area contributed by atoms with Crippen molar-refractivity contribution < 1.29 is 0 Å². The molecule has 1 fully saturated rings. The molecule has 0 aromatic carbocycles. The summed E-state index contributed by atoms with van der Waals surface area (Å²) in [5.74, 6) is 0.815. The molecule has 0 bridgehead atoms. The lowest BCUT2D eigenvalue weighted by Gasteiger charge is -2.24. The number of piperidine rings is 1. The van der Waals surface area contributed by atoms with E-state index in [9.17, 15) is 0 Å². The van der Waals surface area contributed by atoms with Crippen molar-refractivity contribution in [2.24, 2.45) is 0 Å². The maximum absolute atomic E-state index is 5.90. The monoisotopic (exact) mass is 251 g/mol. The summed E-state index contributed by atoms with van der Waals surface area (Å²) >= 11 is 5.90. The van der Waals surface area contributed by atoms with Crippen LogP contribution < -0.4 is 10.6 Å². The zero-order valence-electron chi connectivity index (χ0n) is 9.33. The van der Waals surface area contributed by atoms with E-state index in [1.165, 1.54) is 6.42 Å². The van der Waals surface area contributed by atoms with Gasteiger partial charge in [-0.15, -0.1) is 0 Å². The number of halogens is 1. The molecule has 6 heteroatoms. The summed E-state index contributed by atoms with van der Waals surface area (Å²) in [6.07, 6.45) is 4.19. The van der Waals surface area contributed by atoms with E-state index < -0.39 is 0 Å². The molecule has 1 saturated heterocycles. The summed E-state index contributed by atoms with van der Waals surface area (Å²) in [6, 6.07) is 2.37. The smallest absolute Gasteiger partial charge is 0.226 e. The molecule has 90 valence electrons. The van der Waals surface area contributed by atoms with Gasteiger partial charge in [-0.3, -0.25) is 0 Å². The number of aromatic amines is 1. The van der Waals surface area contributed by atoms with E-state index in [0.29, 0.717) is 6.04 Å². The molecule has 3 heterocycles. The molecule has 5 nitrogen and oxygen atoms in total. The molecule has 0 saturated carbocycles. The molecule has 0 unspecified atom stereocenters. The highest BCUT2D eigenvalue weighted by Crippen LogP contribution is 2.22. The van der Waals surface area contributed by atoms with Crippen LogP contribution in [0.3, 0.4) is 0 Å². The second-order valence-electron chi connectivity index (χ2n) is 4.27. The number of fused-ring (bicyclic) bond motifs is 1. The van der Waals surface area contributed by atoms with Crippen LogP contribution in [0, 0.1) is 0 Å². The quantitative estimate of drug-likeness (QED) is 0.712. The number of anilines is 1. The molecule has 0 spiro atoms. The summed E-state index contributed by atoms with van der Waals surface area (Å²) in [5, 5.41) is 8.05. The molecule has 2 aromatic heterocycles. The van der Waals surface area contributed by atoms with Crippen LogP contribution in [0.5, 0.6) is 0 Å². The fourth-order valence-corrected chi connectivity index (χ4v) is 2.36. The molecule has 0 amide bonds. The van der Waals surface area contributed by atoms with Crippen LogP contribution in [0.25, 0.3) is 11.0 Å². The molecule has 1 aliphatic heterocycles. The van der Waals surface area contributed by atoms with Crippen molar-refractivity contribution in [3.8, 4) is 0 Å². The van der Waals surface area contributed by atoms with Gasteiger partial charge in [0.25, 0.3) is 0 Å². The van der Waals surface area contributed by atoms with Gasteiger partial charge in [-0.1, -0.05) is 0 Å². The minimum absolute atomic E-state index is 0.270. The Morgan fingerprint density at radius 3 is 3.18 bits per heavy atom. The summed E-state index contributed by atoms with van der Waals surface area (Å²) in [6.45, 7) is 2.07. The summed E-state index contributed by atoms with van der Waals surface area (Å²) < 4.78 is 0. The van der Waals surface area contributed by atoms with E-state index in [0.717, 1.165) is 36.4 Å². The Kier molecular flexibility index (Phi) is 2.86. The number of H-pyrrole nitrogens is 1. The molecular weight excluding hydrogens is 238 g/mol. The average molecular weight is 252 g/mol. The Hall–Kier alpha value is -1.33. The molecular formula is C11H14ClN5. The number of rotatable bonds is 2. The number of nitrogens with one attached hydrogen (secondary N) is 3. The fraction of sp³-hybridized carbons (Fsp3) is 0.455. The summed E-state index contributed by atoms with van der Waals surface area (Å²) in [7, 11) is 0. The lowest BCUT2D eigenvalue weighted by molar-refractivity contribution is 0.479. The fourth-order valence-electron chi connectivity index (χ4n) is 2.19. The van der Waals surface area contributed by atoms with Crippen molar-refractivity contribution in [2.45, 2.75) is 18.9 Å². The zero-order chi connectivity index (χ0) is 11.7. The third-order valence-corrected chi connectivity index (χ3v) is 3.20. The van der Waals surface area contributed by atoms with Crippen molar-refractivity contribution in [1.29, 1.82) is 0 Å². The topological polar surface area (TPSA) is 65.6 Å². The number of hydrogen-bond acceptors (Lipinski definition) is 4. The highest BCUT2D eigenvalue weighted by Gasteiger charge is 2.15. The molecule has 0 radical (unpaired) electrons. The van der Waals surface area contributed by atoms with Crippen LogP contribution in [0.4, 0.5) is 5.82 Å². The predicted molar refractivity (Wildman–Crippen MR) is 68.4 cm³/mol. The van der Waals surface area contributed by atoms with Gasteiger partial charge in [-0.25, -0.2) is 4.98 Å². The van der Waals surface area contributed by atoms with Crippen LogP contribution in [0.2, 0.25) is 5.28 Å². The van der Waals surface area contributed by atoms with Gasteiger partial charge in [0, 0.05) is 18.8 Å². The van der Waals surface area contributed by atoms with Gasteiger partial charge < -0.3 is 15.6 Å². The molecule has 2 aromatic rings. The van der Waals surface area contributed by atoms with E-state index in [-0.39, 0.29) is 5.28 Å². The summed E-state index contributed by atoms with van der Waals surface area (Å²) in [5.41, 5.74) is 0.774. The van der Waals surface area contributed by atoms with Gasteiger partial charge in [0.1, 0.15) is 11.5 Å². The molecule has 3 rings (SSSR count). The number of aromatic nitrogens is 3. The maximum Gasteiger partial charge on any atom is 0.226 e. The first kappa shape index (κ1) is 10.8. The first-order valence-corrected chi connectivity index (χ1v) is 6.18. The molecule has 1 aliphatic rings. The first-order chi connectivity index (χ1) is 8.33. The normalized spacial score (nSPS) is 20.6.